The molecule has 2 heterocycles. The Morgan fingerprint density at radius 3 is 2.74 bits per heavy atom. The fraction of sp³-hybridized carbons (Fsp3) is 0.353. The Bertz CT molecular complexity index is 688. The van der Waals surface area contributed by atoms with E-state index in [2.05, 4.69) is 9.97 Å². The summed E-state index contributed by atoms with van der Waals surface area (Å²) in [7, 11) is 0. The molecule has 1 aromatic heterocycles. The first-order chi connectivity index (χ1) is 11.2. The Hall–Kier alpha value is -2.63. The standard InChI is InChI=1S/C17H19N3O3/c1-3-20(17(21)14-9-18-12(2)8-19-14)10-13-11-22-15-6-4-5-7-16(15)23-13/h4-9,13H,3,10-11H2,1-2H3. The molecule has 1 amide bonds. The van der Waals surface area contributed by atoms with Gasteiger partial charge in [-0.2, -0.15) is 0 Å². The van der Waals surface area contributed by atoms with Crippen molar-refractivity contribution in [2.75, 3.05) is 19.7 Å². The van der Waals surface area contributed by atoms with Crippen molar-refractivity contribution < 1.29 is 14.3 Å². The van der Waals surface area contributed by atoms with E-state index in [0.717, 1.165) is 11.4 Å². The van der Waals surface area contributed by atoms with Crippen molar-refractivity contribution >= 4 is 5.91 Å². The molecule has 0 fully saturated rings. The lowest BCUT2D eigenvalue weighted by Gasteiger charge is -2.30. The lowest BCUT2D eigenvalue weighted by Crippen LogP contribution is -2.43. The number of carbonyl (C=O) groups is 1. The number of benzene rings is 1. The Labute approximate surface area is 135 Å². The molecule has 23 heavy (non-hydrogen) atoms. The van der Waals surface area contributed by atoms with Gasteiger partial charge in [-0.05, 0) is 26.0 Å². The molecule has 6 nitrogen and oxygen atoms in total. The minimum absolute atomic E-state index is 0.151. The molecule has 1 aliphatic heterocycles. The monoisotopic (exact) mass is 313 g/mol. The molecule has 120 valence electrons. The summed E-state index contributed by atoms with van der Waals surface area (Å²) in [5.41, 5.74) is 1.12. The normalized spacial score (nSPS) is 16.0. The smallest absolute Gasteiger partial charge is 0.274 e. The molecule has 3 rings (SSSR count). The number of likely N-dealkylation sites (N-methyl/N-ethyl adjacent to an activating group) is 1. The second-order valence-corrected chi connectivity index (χ2v) is 5.38. The van der Waals surface area contributed by atoms with Gasteiger partial charge in [0.05, 0.1) is 18.4 Å². The summed E-state index contributed by atoms with van der Waals surface area (Å²) < 4.78 is 11.6. The van der Waals surface area contributed by atoms with Crippen LogP contribution in [0.2, 0.25) is 0 Å². The maximum Gasteiger partial charge on any atom is 0.274 e. The third-order valence-electron chi connectivity index (χ3n) is 3.66. The molecule has 0 spiro atoms. The number of rotatable bonds is 4. The molecule has 1 aromatic carbocycles. The summed E-state index contributed by atoms with van der Waals surface area (Å²) in [5.74, 6) is 1.30. The molecule has 0 saturated heterocycles. The quantitative estimate of drug-likeness (QED) is 0.865. The summed E-state index contributed by atoms with van der Waals surface area (Å²) in [6.45, 7) is 5.19. The summed E-state index contributed by atoms with van der Waals surface area (Å²) in [5, 5.41) is 0. The van der Waals surface area contributed by atoms with Crippen LogP contribution in [-0.2, 0) is 0 Å². The molecule has 1 aliphatic rings. The molecule has 0 bridgehead atoms. The first-order valence-corrected chi connectivity index (χ1v) is 7.63. The number of hydrogen-bond donors (Lipinski definition) is 0. The highest BCUT2D eigenvalue weighted by Crippen LogP contribution is 2.31. The van der Waals surface area contributed by atoms with Crippen LogP contribution in [0.3, 0.4) is 0 Å². The topological polar surface area (TPSA) is 64.6 Å². The maximum absolute atomic E-state index is 12.5. The van der Waals surface area contributed by atoms with Crippen molar-refractivity contribution in [3.05, 3.63) is 48.0 Å². The SMILES string of the molecule is CCN(CC1COc2ccccc2O1)C(=O)c1cnc(C)cn1. The van der Waals surface area contributed by atoms with Gasteiger partial charge in [0.1, 0.15) is 12.3 Å². The molecule has 1 atom stereocenters. The van der Waals surface area contributed by atoms with E-state index in [1.54, 1.807) is 11.1 Å². The molecular weight excluding hydrogens is 294 g/mol. The number of nitrogens with zero attached hydrogens (tertiary/aromatic N) is 3. The number of aromatic nitrogens is 2. The lowest BCUT2D eigenvalue weighted by molar-refractivity contribution is 0.0471. The molecule has 2 aromatic rings. The largest absolute Gasteiger partial charge is 0.486 e. The Kier molecular flexibility index (Phi) is 4.41. The van der Waals surface area contributed by atoms with Crippen molar-refractivity contribution in [3.63, 3.8) is 0 Å². The maximum atomic E-state index is 12.5. The fourth-order valence-electron chi connectivity index (χ4n) is 2.42. The number of hydrogen-bond acceptors (Lipinski definition) is 5. The second-order valence-electron chi connectivity index (χ2n) is 5.38. The van der Waals surface area contributed by atoms with E-state index in [1.165, 1.54) is 6.20 Å². The van der Waals surface area contributed by atoms with Crippen LogP contribution in [0.25, 0.3) is 0 Å². The van der Waals surface area contributed by atoms with Crippen molar-refractivity contribution in [2.24, 2.45) is 0 Å². The Balaban J connectivity index is 1.68. The van der Waals surface area contributed by atoms with Gasteiger partial charge in [-0.25, -0.2) is 4.98 Å². The second kappa shape index (κ2) is 6.64. The molecule has 0 aliphatic carbocycles. The predicted molar refractivity (Wildman–Crippen MR) is 84.7 cm³/mol. The number of fused-ring (bicyclic) bond motifs is 1. The molecule has 6 heteroatoms. The summed E-state index contributed by atoms with van der Waals surface area (Å²) in [4.78, 5) is 22.5. The third-order valence-corrected chi connectivity index (χ3v) is 3.66. The van der Waals surface area contributed by atoms with Gasteiger partial charge >= 0.3 is 0 Å². The minimum atomic E-state index is -0.202. The van der Waals surface area contributed by atoms with Gasteiger partial charge in [0.2, 0.25) is 0 Å². The number of amides is 1. The number of carbonyl (C=O) groups excluding carboxylic acids is 1. The predicted octanol–water partition coefficient (Wildman–Crippen LogP) is 2.09. The van der Waals surface area contributed by atoms with Crippen molar-refractivity contribution in [1.29, 1.82) is 0 Å². The highest BCUT2D eigenvalue weighted by Gasteiger charge is 2.25. The van der Waals surface area contributed by atoms with E-state index in [1.807, 2.05) is 38.1 Å². The van der Waals surface area contributed by atoms with E-state index >= 15 is 0 Å². The summed E-state index contributed by atoms with van der Waals surface area (Å²) in [6.07, 6.45) is 2.90. The number of para-hydroxylation sites is 2. The van der Waals surface area contributed by atoms with Crippen LogP contribution in [0.5, 0.6) is 11.5 Å². The van der Waals surface area contributed by atoms with Gasteiger partial charge in [0, 0.05) is 12.7 Å². The van der Waals surface area contributed by atoms with Gasteiger partial charge in [-0.15, -0.1) is 0 Å². The van der Waals surface area contributed by atoms with E-state index in [4.69, 9.17) is 9.47 Å². The average molecular weight is 313 g/mol. The zero-order valence-electron chi connectivity index (χ0n) is 13.2. The van der Waals surface area contributed by atoms with E-state index in [9.17, 15) is 4.79 Å². The van der Waals surface area contributed by atoms with E-state index < -0.39 is 0 Å². The van der Waals surface area contributed by atoms with Gasteiger partial charge in [-0.1, -0.05) is 12.1 Å². The third kappa shape index (κ3) is 3.41. The minimum Gasteiger partial charge on any atom is -0.486 e. The van der Waals surface area contributed by atoms with Crippen LogP contribution in [0.4, 0.5) is 0 Å². The average Bonchev–Trinajstić information content (AvgIpc) is 2.59. The van der Waals surface area contributed by atoms with Crippen LogP contribution in [0, 0.1) is 6.92 Å². The van der Waals surface area contributed by atoms with Crippen molar-refractivity contribution in [1.82, 2.24) is 14.9 Å². The van der Waals surface area contributed by atoms with Crippen LogP contribution in [-0.4, -0.2) is 46.6 Å². The van der Waals surface area contributed by atoms with Crippen molar-refractivity contribution in [3.8, 4) is 11.5 Å². The van der Waals surface area contributed by atoms with Crippen LogP contribution in [0.15, 0.2) is 36.7 Å². The highest BCUT2D eigenvalue weighted by molar-refractivity contribution is 5.92. The fourth-order valence-corrected chi connectivity index (χ4v) is 2.42. The highest BCUT2D eigenvalue weighted by atomic mass is 16.6. The van der Waals surface area contributed by atoms with E-state index in [-0.39, 0.29) is 12.0 Å². The van der Waals surface area contributed by atoms with Crippen LogP contribution in [0.1, 0.15) is 23.1 Å². The molecular formula is C17H19N3O3. The van der Waals surface area contributed by atoms with Gasteiger partial charge < -0.3 is 14.4 Å². The van der Waals surface area contributed by atoms with Crippen molar-refractivity contribution in [2.45, 2.75) is 20.0 Å². The van der Waals surface area contributed by atoms with Gasteiger partial charge in [-0.3, -0.25) is 9.78 Å². The van der Waals surface area contributed by atoms with Gasteiger partial charge in [0.25, 0.3) is 5.91 Å². The molecule has 0 saturated carbocycles. The summed E-state index contributed by atoms with van der Waals surface area (Å²) in [6, 6.07) is 7.54. The first-order valence-electron chi connectivity index (χ1n) is 7.63. The molecule has 0 N–H and O–H groups in total. The molecule has 1 unspecified atom stereocenters. The number of ether oxygens (including phenoxy) is 2. The van der Waals surface area contributed by atoms with Crippen LogP contribution < -0.4 is 9.47 Å². The lowest BCUT2D eigenvalue weighted by atomic mass is 10.2. The number of aryl methyl sites for hydroxylation is 1. The summed E-state index contributed by atoms with van der Waals surface area (Å²) >= 11 is 0. The Morgan fingerprint density at radius 2 is 2.04 bits per heavy atom. The zero-order chi connectivity index (χ0) is 16.2. The zero-order valence-corrected chi connectivity index (χ0v) is 13.2. The van der Waals surface area contributed by atoms with Crippen LogP contribution >= 0.6 is 0 Å². The Morgan fingerprint density at radius 1 is 1.26 bits per heavy atom. The van der Waals surface area contributed by atoms with Gasteiger partial charge in [0.15, 0.2) is 17.6 Å². The van der Waals surface area contributed by atoms with E-state index in [0.29, 0.717) is 31.1 Å². The molecule has 0 radical (unpaired) electrons. The first kappa shape index (κ1) is 15.3.